The molecule has 0 spiro atoms. The van der Waals surface area contributed by atoms with Crippen LogP contribution in [0.4, 0.5) is 10.2 Å². The molecule has 1 aromatic heterocycles. The molecule has 0 saturated heterocycles. The quantitative estimate of drug-likeness (QED) is 0.795. The van der Waals surface area contributed by atoms with Crippen LogP contribution in [0.25, 0.3) is 0 Å². The van der Waals surface area contributed by atoms with Crippen LogP contribution in [-0.4, -0.2) is 27.1 Å². The first kappa shape index (κ1) is 15.3. The number of carbonyl (C=O) groups is 1. The lowest BCUT2D eigenvalue weighted by atomic mass is 10.0. The molecule has 0 aromatic carbocycles. The van der Waals surface area contributed by atoms with Gasteiger partial charge in [-0.1, -0.05) is 13.3 Å². The van der Waals surface area contributed by atoms with Crippen LogP contribution >= 0.6 is 0 Å². The second-order valence-corrected chi connectivity index (χ2v) is 4.84. The maximum absolute atomic E-state index is 13.7. The Bertz CT molecular complexity index is 440. The van der Waals surface area contributed by atoms with Gasteiger partial charge in [0.15, 0.2) is 11.6 Å². The maximum Gasteiger partial charge on any atom is 0.306 e. The zero-order chi connectivity index (χ0) is 14.4. The SMILES string of the molecule is Cc1ncnc(NC(C)CCCC(C)C(=O)O)c1F. The molecule has 6 heteroatoms. The molecule has 0 aliphatic heterocycles. The Labute approximate surface area is 112 Å². The number of aryl methyl sites for hydroxylation is 1. The van der Waals surface area contributed by atoms with Crippen molar-refractivity contribution >= 4 is 11.8 Å². The molecule has 2 atom stereocenters. The molecule has 0 radical (unpaired) electrons. The van der Waals surface area contributed by atoms with Gasteiger partial charge in [0.2, 0.25) is 0 Å². The van der Waals surface area contributed by atoms with E-state index in [9.17, 15) is 9.18 Å². The summed E-state index contributed by atoms with van der Waals surface area (Å²) in [6.45, 7) is 5.19. The molecule has 1 heterocycles. The van der Waals surface area contributed by atoms with Crippen molar-refractivity contribution in [3.63, 3.8) is 0 Å². The lowest BCUT2D eigenvalue weighted by molar-refractivity contribution is -0.141. The lowest BCUT2D eigenvalue weighted by Crippen LogP contribution is -2.18. The third-order valence-electron chi connectivity index (χ3n) is 3.04. The predicted octanol–water partition coefficient (Wildman–Crippen LogP) is 2.62. The molecule has 0 amide bonds. The standard InChI is InChI=1S/C13H20FN3O2/c1-8(13(18)19)5-4-6-9(2)17-12-11(14)10(3)15-7-16-12/h7-9H,4-6H2,1-3H3,(H,18,19)(H,15,16,17). The van der Waals surface area contributed by atoms with Gasteiger partial charge in [0.1, 0.15) is 6.33 Å². The monoisotopic (exact) mass is 269 g/mol. The fourth-order valence-corrected chi connectivity index (χ4v) is 1.72. The van der Waals surface area contributed by atoms with Gasteiger partial charge < -0.3 is 10.4 Å². The summed E-state index contributed by atoms with van der Waals surface area (Å²) in [6, 6.07) is 0.0322. The maximum atomic E-state index is 13.7. The van der Waals surface area contributed by atoms with Gasteiger partial charge in [-0.2, -0.15) is 0 Å². The fraction of sp³-hybridized carbons (Fsp3) is 0.615. The van der Waals surface area contributed by atoms with Gasteiger partial charge in [-0.3, -0.25) is 4.79 Å². The average molecular weight is 269 g/mol. The third kappa shape index (κ3) is 4.81. The van der Waals surface area contributed by atoms with E-state index in [1.54, 1.807) is 13.8 Å². The molecular weight excluding hydrogens is 249 g/mol. The second-order valence-electron chi connectivity index (χ2n) is 4.84. The van der Waals surface area contributed by atoms with E-state index < -0.39 is 11.8 Å². The number of anilines is 1. The molecule has 5 nitrogen and oxygen atoms in total. The number of carboxylic acids is 1. The third-order valence-corrected chi connectivity index (χ3v) is 3.04. The van der Waals surface area contributed by atoms with E-state index in [0.29, 0.717) is 12.1 Å². The Morgan fingerprint density at radius 3 is 2.74 bits per heavy atom. The molecule has 0 bridgehead atoms. The van der Waals surface area contributed by atoms with Crippen LogP contribution < -0.4 is 5.32 Å². The highest BCUT2D eigenvalue weighted by molar-refractivity contribution is 5.69. The summed E-state index contributed by atoms with van der Waals surface area (Å²) in [5.74, 6) is -1.36. The smallest absolute Gasteiger partial charge is 0.306 e. The van der Waals surface area contributed by atoms with E-state index in [1.807, 2.05) is 6.92 Å². The predicted molar refractivity (Wildman–Crippen MR) is 70.5 cm³/mol. The summed E-state index contributed by atoms with van der Waals surface area (Å²) in [7, 11) is 0. The normalized spacial score (nSPS) is 13.9. The molecule has 0 fully saturated rings. The van der Waals surface area contributed by atoms with Crippen LogP contribution in [-0.2, 0) is 4.79 Å². The Hall–Kier alpha value is -1.72. The first-order valence-electron chi connectivity index (χ1n) is 6.38. The Kier molecular flexibility index (Phi) is 5.66. The van der Waals surface area contributed by atoms with Gasteiger partial charge >= 0.3 is 5.97 Å². The summed E-state index contributed by atoms with van der Waals surface area (Å²) in [4.78, 5) is 18.3. The Morgan fingerprint density at radius 1 is 1.42 bits per heavy atom. The number of nitrogens with one attached hydrogen (secondary N) is 1. The van der Waals surface area contributed by atoms with Gasteiger partial charge in [0, 0.05) is 6.04 Å². The minimum Gasteiger partial charge on any atom is -0.481 e. The van der Waals surface area contributed by atoms with Crippen molar-refractivity contribution in [1.29, 1.82) is 0 Å². The number of hydrogen-bond acceptors (Lipinski definition) is 4. The highest BCUT2D eigenvalue weighted by atomic mass is 19.1. The Balaban J connectivity index is 2.41. The van der Waals surface area contributed by atoms with Crippen molar-refractivity contribution in [3.05, 3.63) is 17.8 Å². The van der Waals surface area contributed by atoms with E-state index in [-0.39, 0.29) is 17.8 Å². The second kappa shape index (κ2) is 7.01. The summed E-state index contributed by atoms with van der Waals surface area (Å²) in [5.41, 5.74) is 0.309. The number of hydrogen-bond donors (Lipinski definition) is 2. The van der Waals surface area contributed by atoms with Crippen LogP contribution in [0.5, 0.6) is 0 Å². The van der Waals surface area contributed by atoms with Crippen molar-refractivity contribution in [3.8, 4) is 0 Å². The Morgan fingerprint density at radius 2 is 2.11 bits per heavy atom. The van der Waals surface area contributed by atoms with Crippen molar-refractivity contribution in [1.82, 2.24) is 9.97 Å². The first-order chi connectivity index (χ1) is 8.91. The van der Waals surface area contributed by atoms with Crippen LogP contribution in [0.1, 0.15) is 38.8 Å². The van der Waals surface area contributed by atoms with Gasteiger partial charge in [-0.05, 0) is 26.7 Å². The number of nitrogens with zero attached hydrogens (tertiary/aromatic N) is 2. The van der Waals surface area contributed by atoms with Gasteiger partial charge in [0.25, 0.3) is 0 Å². The van der Waals surface area contributed by atoms with Crippen molar-refractivity contribution in [2.45, 2.75) is 46.1 Å². The zero-order valence-electron chi connectivity index (χ0n) is 11.5. The minimum absolute atomic E-state index is 0.0322. The number of aliphatic carboxylic acids is 1. The minimum atomic E-state index is -0.780. The van der Waals surface area contributed by atoms with Crippen molar-refractivity contribution in [2.75, 3.05) is 5.32 Å². The van der Waals surface area contributed by atoms with Gasteiger partial charge in [-0.15, -0.1) is 0 Å². The molecule has 106 valence electrons. The summed E-state index contributed by atoms with van der Waals surface area (Å²) >= 11 is 0. The van der Waals surface area contributed by atoms with E-state index in [0.717, 1.165) is 12.8 Å². The fourth-order valence-electron chi connectivity index (χ4n) is 1.72. The topological polar surface area (TPSA) is 75.1 Å². The molecule has 0 saturated carbocycles. The number of halogens is 1. The van der Waals surface area contributed by atoms with Crippen LogP contribution in [0.2, 0.25) is 0 Å². The summed E-state index contributed by atoms with van der Waals surface area (Å²) in [5, 5.41) is 11.7. The van der Waals surface area contributed by atoms with E-state index >= 15 is 0 Å². The van der Waals surface area contributed by atoms with Crippen molar-refractivity contribution in [2.24, 2.45) is 5.92 Å². The van der Waals surface area contributed by atoms with Crippen molar-refractivity contribution < 1.29 is 14.3 Å². The zero-order valence-corrected chi connectivity index (χ0v) is 11.5. The van der Waals surface area contributed by atoms with E-state index in [2.05, 4.69) is 15.3 Å². The average Bonchev–Trinajstić information content (AvgIpc) is 2.34. The number of carboxylic acid groups (broad SMARTS) is 1. The number of aromatic nitrogens is 2. The summed E-state index contributed by atoms with van der Waals surface area (Å²) in [6.07, 6.45) is 3.47. The van der Waals surface area contributed by atoms with Crippen LogP contribution in [0.15, 0.2) is 6.33 Å². The van der Waals surface area contributed by atoms with Crippen LogP contribution in [0, 0.1) is 18.7 Å². The first-order valence-corrected chi connectivity index (χ1v) is 6.38. The molecular formula is C13H20FN3O2. The summed E-state index contributed by atoms with van der Waals surface area (Å²) < 4.78 is 13.7. The largest absolute Gasteiger partial charge is 0.481 e. The van der Waals surface area contributed by atoms with Gasteiger partial charge in [0.05, 0.1) is 11.6 Å². The molecule has 1 aromatic rings. The van der Waals surface area contributed by atoms with E-state index in [1.165, 1.54) is 6.33 Å². The highest BCUT2D eigenvalue weighted by Gasteiger charge is 2.13. The van der Waals surface area contributed by atoms with E-state index in [4.69, 9.17) is 5.11 Å². The lowest BCUT2D eigenvalue weighted by Gasteiger charge is -2.15. The molecule has 1 rings (SSSR count). The van der Waals surface area contributed by atoms with Crippen LogP contribution in [0.3, 0.4) is 0 Å². The molecule has 0 aliphatic rings. The van der Waals surface area contributed by atoms with Gasteiger partial charge in [-0.25, -0.2) is 14.4 Å². The molecule has 2 N–H and O–H groups in total. The highest BCUT2D eigenvalue weighted by Crippen LogP contribution is 2.16. The number of rotatable bonds is 7. The molecule has 0 aliphatic carbocycles. The molecule has 2 unspecified atom stereocenters. The molecule has 19 heavy (non-hydrogen) atoms.